The molecule has 0 fully saturated rings. The first kappa shape index (κ1) is 14.0. The predicted octanol–water partition coefficient (Wildman–Crippen LogP) is 4.46. The highest BCUT2D eigenvalue weighted by Crippen LogP contribution is 2.36. The Morgan fingerprint density at radius 2 is 1.74 bits per heavy atom. The zero-order valence-electron chi connectivity index (χ0n) is 11.0. The van der Waals surface area contributed by atoms with E-state index < -0.39 is 6.04 Å². The fourth-order valence-corrected chi connectivity index (χ4v) is 2.35. The van der Waals surface area contributed by atoms with Crippen molar-refractivity contribution in [2.24, 2.45) is 5.73 Å². The molecular weight excluding hydrogens is 261 g/mol. The second kappa shape index (κ2) is 5.32. The summed E-state index contributed by atoms with van der Waals surface area (Å²) in [6, 6.07) is 14.1. The molecule has 3 heteroatoms. The van der Waals surface area contributed by atoms with Gasteiger partial charge < -0.3 is 5.73 Å². The van der Waals surface area contributed by atoms with Gasteiger partial charge in [-0.3, -0.25) is 0 Å². The molecule has 0 aliphatic rings. The molecule has 1 atom stereocenters. The van der Waals surface area contributed by atoms with Crippen LogP contribution in [0, 0.1) is 5.82 Å². The average Bonchev–Trinajstić information content (AvgIpc) is 2.39. The van der Waals surface area contributed by atoms with Crippen molar-refractivity contribution in [3.05, 3.63) is 70.5 Å². The lowest BCUT2D eigenvalue weighted by atomic mass is 9.75. The third kappa shape index (κ3) is 2.80. The summed E-state index contributed by atoms with van der Waals surface area (Å²) >= 11 is 5.77. The maximum absolute atomic E-state index is 14.0. The summed E-state index contributed by atoms with van der Waals surface area (Å²) in [4.78, 5) is 0. The maximum atomic E-state index is 14.0. The highest BCUT2D eigenvalue weighted by Gasteiger charge is 2.31. The second-order valence-electron chi connectivity index (χ2n) is 5.23. The van der Waals surface area contributed by atoms with Crippen LogP contribution in [-0.2, 0) is 5.41 Å². The number of halogens is 2. The van der Waals surface area contributed by atoms with E-state index in [0.717, 1.165) is 5.56 Å². The molecule has 19 heavy (non-hydrogen) atoms. The van der Waals surface area contributed by atoms with Gasteiger partial charge in [-0.1, -0.05) is 61.8 Å². The highest BCUT2D eigenvalue weighted by molar-refractivity contribution is 6.30. The lowest BCUT2D eigenvalue weighted by Crippen LogP contribution is -2.33. The number of benzene rings is 2. The van der Waals surface area contributed by atoms with Gasteiger partial charge in [0.15, 0.2) is 0 Å². The minimum atomic E-state index is -0.438. The normalized spacial score (nSPS) is 13.3. The summed E-state index contributed by atoms with van der Waals surface area (Å²) in [5.74, 6) is -0.357. The van der Waals surface area contributed by atoms with Crippen LogP contribution in [0.3, 0.4) is 0 Å². The van der Waals surface area contributed by atoms with Crippen LogP contribution in [0.15, 0.2) is 48.5 Å². The summed E-state index contributed by atoms with van der Waals surface area (Å²) < 4.78 is 14.0. The van der Waals surface area contributed by atoms with Crippen molar-refractivity contribution >= 4 is 11.6 Å². The van der Waals surface area contributed by atoms with Gasteiger partial charge in [0.05, 0.1) is 0 Å². The van der Waals surface area contributed by atoms with Crippen molar-refractivity contribution in [1.82, 2.24) is 0 Å². The van der Waals surface area contributed by atoms with Gasteiger partial charge in [0.25, 0.3) is 0 Å². The van der Waals surface area contributed by atoms with Gasteiger partial charge in [-0.2, -0.15) is 0 Å². The third-order valence-corrected chi connectivity index (χ3v) is 3.83. The van der Waals surface area contributed by atoms with E-state index in [-0.39, 0.29) is 11.2 Å². The molecule has 0 saturated carbocycles. The van der Waals surface area contributed by atoms with E-state index in [0.29, 0.717) is 10.6 Å². The van der Waals surface area contributed by atoms with Crippen LogP contribution < -0.4 is 5.73 Å². The molecule has 0 heterocycles. The van der Waals surface area contributed by atoms with Crippen molar-refractivity contribution in [2.45, 2.75) is 25.3 Å². The topological polar surface area (TPSA) is 26.0 Å². The van der Waals surface area contributed by atoms with Crippen LogP contribution in [0.5, 0.6) is 0 Å². The van der Waals surface area contributed by atoms with Gasteiger partial charge >= 0.3 is 0 Å². The van der Waals surface area contributed by atoms with Crippen LogP contribution in [0.4, 0.5) is 4.39 Å². The van der Waals surface area contributed by atoms with Crippen molar-refractivity contribution in [2.75, 3.05) is 0 Å². The first-order chi connectivity index (χ1) is 8.93. The van der Waals surface area contributed by atoms with Crippen molar-refractivity contribution in [1.29, 1.82) is 0 Å². The van der Waals surface area contributed by atoms with Crippen molar-refractivity contribution in [3.63, 3.8) is 0 Å². The van der Waals surface area contributed by atoms with E-state index in [4.69, 9.17) is 17.3 Å². The summed E-state index contributed by atoms with van der Waals surface area (Å²) in [7, 11) is 0. The zero-order chi connectivity index (χ0) is 14.0. The van der Waals surface area contributed by atoms with Crippen LogP contribution in [0.25, 0.3) is 0 Å². The molecule has 2 N–H and O–H groups in total. The Bertz CT molecular complexity index is 566. The Hall–Kier alpha value is -1.38. The highest BCUT2D eigenvalue weighted by atomic mass is 35.5. The summed E-state index contributed by atoms with van der Waals surface area (Å²) in [5.41, 5.74) is 7.47. The van der Waals surface area contributed by atoms with E-state index in [2.05, 4.69) is 0 Å². The number of nitrogens with two attached hydrogens (primary N) is 1. The van der Waals surface area contributed by atoms with Gasteiger partial charge in [0.2, 0.25) is 0 Å². The zero-order valence-corrected chi connectivity index (χ0v) is 11.8. The van der Waals surface area contributed by atoms with Gasteiger partial charge in [-0.25, -0.2) is 4.39 Å². The van der Waals surface area contributed by atoms with E-state index >= 15 is 0 Å². The molecular formula is C16H17ClFN. The Morgan fingerprint density at radius 3 is 2.32 bits per heavy atom. The lowest BCUT2D eigenvalue weighted by Gasteiger charge is -2.32. The molecule has 1 nitrogen and oxygen atoms in total. The number of hydrogen-bond donors (Lipinski definition) is 1. The van der Waals surface area contributed by atoms with Gasteiger partial charge in [-0.15, -0.1) is 0 Å². The first-order valence-corrected chi connectivity index (χ1v) is 6.57. The number of hydrogen-bond acceptors (Lipinski definition) is 1. The van der Waals surface area contributed by atoms with E-state index in [1.807, 2.05) is 44.2 Å². The van der Waals surface area contributed by atoms with E-state index in [1.165, 1.54) is 6.07 Å². The fourth-order valence-electron chi connectivity index (χ4n) is 2.19. The van der Waals surface area contributed by atoms with E-state index in [9.17, 15) is 4.39 Å². The molecule has 0 bridgehead atoms. The van der Waals surface area contributed by atoms with E-state index in [1.54, 1.807) is 12.1 Å². The summed E-state index contributed by atoms with van der Waals surface area (Å²) in [5, 5.41) is 0.381. The molecule has 100 valence electrons. The summed E-state index contributed by atoms with van der Waals surface area (Å²) in [6.45, 7) is 4.03. The molecule has 0 spiro atoms. The lowest BCUT2D eigenvalue weighted by molar-refractivity contribution is 0.407. The Kier molecular flexibility index (Phi) is 3.93. The van der Waals surface area contributed by atoms with Gasteiger partial charge in [0.1, 0.15) is 5.82 Å². The smallest absolute Gasteiger partial charge is 0.129 e. The van der Waals surface area contributed by atoms with Crippen LogP contribution in [0.2, 0.25) is 5.02 Å². The maximum Gasteiger partial charge on any atom is 0.129 e. The Labute approximate surface area is 118 Å². The fraction of sp³-hybridized carbons (Fsp3) is 0.250. The van der Waals surface area contributed by atoms with Gasteiger partial charge in [-0.05, 0) is 17.7 Å². The standard InChI is InChI=1S/C16H17ClFN/c1-16(2,11-6-4-3-5-7-11)15(19)13-9-8-12(17)10-14(13)18/h3-10,15H,19H2,1-2H3. The molecule has 0 amide bonds. The average molecular weight is 278 g/mol. The molecule has 2 aromatic rings. The molecule has 0 aromatic heterocycles. The molecule has 1 unspecified atom stereocenters. The van der Waals surface area contributed by atoms with Crippen molar-refractivity contribution in [3.8, 4) is 0 Å². The minimum Gasteiger partial charge on any atom is -0.323 e. The predicted molar refractivity (Wildman–Crippen MR) is 77.8 cm³/mol. The van der Waals surface area contributed by atoms with Crippen LogP contribution >= 0.6 is 11.6 Å². The number of rotatable bonds is 3. The largest absolute Gasteiger partial charge is 0.323 e. The monoisotopic (exact) mass is 277 g/mol. The SMILES string of the molecule is CC(C)(c1ccccc1)C(N)c1ccc(Cl)cc1F. The Morgan fingerprint density at radius 1 is 1.11 bits per heavy atom. The second-order valence-corrected chi connectivity index (χ2v) is 5.67. The van der Waals surface area contributed by atoms with Gasteiger partial charge in [0, 0.05) is 22.0 Å². The van der Waals surface area contributed by atoms with Crippen LogP contribution in [0.1, 0.15) is 31.0 Å². The first-order valence-electron chi connectivity index (χ1n) is 6.19. The summed E-state index contributed by atoms with van der Waals surface area (Å²) in [6.07, 6.45) is 0. The van der Waals surface area contributed by atoms with Crippen LogP contribution in [-0.4, -0.2) is 0 Å². The molecule has 0 radical (unpaired) electrons. The third-order valence-electron chi connectivity index (χ3n) is 3.59. The molecule has 2 aromatic carbocycles. The molecule has 0 aliphatic carbocycles. The molecule has 0 saturated heterocycles. The molecule has 0 aliphatic heterocycles. The minimum absolute atomic E-state index is 0.357. The molecule has 2 rings (SSSR count). The van der Waals surface area contributed by atoms with Crippen molar-refractivity contribution < 1.29 is 4.39 Å². The quantitative estimate of drug-likeness (QED) is 0.881. The Balaban J connectivity index is 2.40.